The summed E-state index contributed by atoms with van der Waals surface area (Å²) in [6, 6.07) is 13.3. The van der Waals surface area contributed by atoms with Crippen LogP contribution in [0.2, 0.25) is 0 Å². The Bertz CT molecular complexity index is 462. The van der Waals surface area contributed by atoms with Gasteiger partial charge in [-0.3, -0.25) is 4.98 Å². The number of nitrogens with one attached hydrogen (secondary N) is 1. The van der Waals surface area contributed by atoms with Gasteiger partial charge in [-0.25, -0.2) is 0 Å². The van der Waals surface area contributed by atoms with E-state index in [-0.39, 0.29) is 0 Å². The van der Waals surface area contributed by atoms with Gasteiger partial charge in [0.1, 0.15) is 0 Å². The average molecular weight is 240 g/mol. The van der Waals surface area contributed by atoms with Crippen molar-refractivity contribution in [2.75, 3.05) is 0 Å². The maximum absolute atomic E-state index is 4.02. The molecule has 1 heterocycles. The Morgan fingerprint density at radius 3 is 2.28 bits per heavy atom. The summed E-state index contributed by atoms with van der Waals surface area (Å²) in [5, 5.41) is 3.52. The highest BCUT2D eigenvalue weighted by Gasteiger charge is 2.04. The van der Waals surface area contributed by atoms with Gasteiger partial charge in [-0.1, -0.05) is 31.2 Å². The first-order chi connectivity index (χ1) is 8.79. The van der Waals surface area contributed by atoms with Gasteiger partial charge in [0, 0.05) is 25.0 Å². The number of aromatic nitrogens is 1. The maximum atomic E-state index is 4.02. The summed E-state index contributed by atoms with van der Waals surface area (Å²) >= 11 is 0. The third kappa shape index (κ3) is 3.41. The molecule has 0 aliphatic rings. The summed E-state index contributed by atoms with van der Waals surface area (Å²) in [6.07, 6.45) is 4.76. The summed E-state index contributed by atoms with van der Waals surface area (Å²) < 4.78 is 0. The second-order valence-electron chi connectivity index (χ2n) is 4.55. The van der Waals surface area contributed by atoms with Gasteiger partial charge >= 0.3 is 0 Å². The lowest BCUT2D eigenvalue weighted by Gasteiger charge is -2.14. The SMILES string of the molecule is CCc1ccc(C(C)NCc2ccncc2)cc1. The molecule has 0 fully saturated rings. The van der Waals surface area contributed by atoms with Gasteiger partial charge < -0.3 is 5.32 Å². The van der Waals surface area contributed by atoms with Crippen LogP contribution >= 0.6 is 0 Å². The molecule has 2 aromatic rings. The Kier molecular flexibility index (Phi) is 4.48. The molecule has 0 saturated heterocycles. The predicted molar refractivity (Wildman–Crippen MR) is 75.3 cm³/mol. The smallest absolute Gasteiger partial charge is 0.0294 e. The Morgan fingerprint density at radius 2 is 1.67 bits per heavy atom. The molecule has 94 valence electrons. The molecule has 0 radical (unpaired) electrons. The normalized spacial score (nSPS) is 12.3. The molecule has 1 N–H and O–H groups in total. The fourth-order valence-electron chi connectivity index (χ4n) is 1.93. The summed E-state index contributed by atoms with van der Waals surface area (Å²) in [7, 11) is 0. The lowest BCUT2D eigenvalue weighted by Crippen LogP contribution is -2.18. The Hall–Kier alpha value is -1.67. The van der Waals surface area contributed by atoms with E-state index in [9.17, 15) is 0 Å². The van der Waals surface area contributed by atoms with Crippen molar-refractivity contribution in [2.45, 2.75) is 32.9 Å². The predicted octanol–water partition coefficient (Wildman–Crippen LogP) is 3.49. The van der Waals surface area contributed by atoms with Crippen LogP contribution in [0.25, 0.3) is 0 Å². The molecule has 0 aliphatic carbocycles. The standard InChI is InChI=1S/C16H20N2/c1-3-14-4-6-16(7-5-14)13(2)18-12-15-8-10-17-11-9-15/h4-11,13,18H,3,12H2,1-2H3. The molecule has 0 spiro atoms. The summed E-state index contributed by atoms with van der Waals surface area (Å²) in [5.74, 6) is 0. The second kappa shape index (κ2) is 6.31. The van der Waals surface area contributed by atoms with Crippen LogP contribution in [0.5, 0.6) is 0 Å². The number of pyridine rings is 1. The first-order valence-electron chi connectivity index (χ1n) is 6.50. The van der Waals surface area contributed by atoms with E-state index in [2.05, 4.69) is 48.4 Å². The molecule has 2 rings (SSSR count). The second-order valence-corrected chi connectivity index (χ2v) is 4.55. The zero-order chi connectivity index (χ0) is 12.8. The zero-order valence-electron chi connectivity index (χ0n) is 11.1. The quantitative estimate of drug-likeness (QED) is 0.865. The molecular weight excluding hydrogens is 220 g/mol. The Morgan fingerprint density at radius 1 is 1.00 bits per heavy atom. The maximum Gasteiger partial charge on any atom is 0.0294 e. The molecule has 1 aromatic carbocycles. The summed E-state index contributed by atoms with van der Waals surface area (Å²) in [6.45, 7) is 5.25. The minimum absolute atomic E-state index is 0.365. The number of hydrogen-bond donors (Lipinski definition) is 1. The number of benzene rings is 1. The Balaban J connectivity index is 1.93. The van der Waals surface area contributed by atoms with Gasteiger partial charge in [0.15, 0.2) is 0 Å². The van der Waals surface area contributed by atoms with Crippen molar-refractivity contribution < 1.29 is 0 Å². The zero-order valence-corrected chi connectivity index (χ0v) is 11.1. The first-order valence-corrected chi connectivity index (χ1v) is 6.50. The lowest BCUT2D eigenvalue weighted by molar-refractivity contribution is 0.574. The molecule has 1 unspecified atom stereocenters. The van der Waals surface area contributed by atoms with Gasteiger partial charge in [0.2, 0.25) is 0 Å². The van der Waals surface area contributed by atoms with Crippen molar-refractivity contribution in [1.29, 1.82) is 0 Å². The lowest BCUT2D eigenvalue weighted by atomic mass is 10.0. The highest BCUT2D eigenvalue weighted by Crippen LogP contribution is 2.14. The highest BCUT2D eigenvalue weighted by atomic mass is 14.9. The van der Waals surface area contributed by atoms with Gasteiger partial charge in [-0.2, -0.15) is 0 Å². The third-order valence-corrected chi connectivity index (χ3v) is 3.25. The molecule has 0 saturated carbocycles. The van der Waals surface area contributed by atoms with E-state index in [1.807, 2.05) is 24.5 Å². The summed E-state index contributed by atoms with van der Waals surface area (Å²) in [4.78, 5) is 4.02. The molecule has 1 atom stereocenters. The van der Waals surface area contributed by atoms with E-state index < -0.39 is 0 Å². The van der Waals surface area contributed by atoms with E-state index in [0.717, 1.165) is 13.0 Å². The van der Waals surface area contributed by atoms with Crippen molar-refractivity contribution in [3.05, 3.63) is 65.5 Å². The van der Waals surface area contributed by atoms with Crippen LogP contribution in [0.15, 0.2) is 48.8 Å². The molecule has 2 heteroatoms. The van der Waals surface area contributed by atoms with Crippen LogP contribution in [-0.4, -0.2) is 4.98 Å². The third-order valence-electron chi connectivity index (χ3n) is 3.25. The minimum atomic E-state index is 0.365. The van der Waals surface area contributed by atoms with E-state index >= 15 is 0 Å². The van der Waals surface area contributed by atoms with Crippen LogP contribution in [0.3, 0.4) is 0 Å². The number of rotatable bonds is 5. The van der Waals surface area contributed by atoms with E-state index in [1.165, 1.54) is 16.7 Å². The van der Waals surface area contributed by atoms with E-state index in [4.69, 9.17) is 0 Å². The first kappa shape index (κ1) is 12.8. The van der Waals surface area contributed by atoms with Crippen molar-refractivity contribution in [3.63, 3.8) is 0 Å². The van der Waals surface area contributed by atoms with Crippen LogP contribution in [0.4, 0.5) is 0 Å². The number of nitrogens with zero attached hydrogens (tertiary/aromatic N) is 1. The Labute approximate surface area is 109 Å². The van der Waals surface area contributed by atoms with Crippen LogP contribution in [0.1, 0.15) is 36.6 Å². The van der Waals surface area contributed by atoms with Gasteiger partial charge in [0.05, 0.1) is 0 Å². The minimum Gasteiger partial charge on any atom is -0.306 e. The molecule has 0 bridgehead atoms. The molecule has 2 nitrogen and oxygen atoms in total. The highest BCUT2D eigenvalue weighted by molar-refractivity contribution is 5.24. The van der Waals surface area contributed by atoms with Gasteiger partial charge in [-0.15, -0.1) is 0 Å². The van der Waals surface area contributed by atoms with E-state index in [0.29, 0.717) is 6.04 Å². The largest absolute Gasteiger partial charge is 0.306 e. The van der Waals surface area contributed by atoms with Crippen LogP contribution in [-0.2, 0) is 13.0 Å². The van der Waals surface area contributed by atoms with Gasteiger partial charge in [0.25, 0.3) is 0 Å². The number of hydrogen-bond acceptors (Lipinski definition) is 2. The fourth-order valence-corrected chi connectivity index (χ4v) is 1.93. The monoisotopic (exact) mass is 240 g/mol. The fraction of sp³-hybridized carbons (Fsp3) is 0.312. The van der Waals surface area contributed by atoms with Crippen LogP contribution in [0, 0.1) is 0 Å². The van der Waals surface area contributed by atoms with Crippen molar-refractivity contribution in [1.82, 2.24) is 10.3 Å². The molecule has 18 heavy (non-hydrogen) atoms. The molecule has 1 aromatic heterocycles. The molecule has 0 amide bonds. The van der Waals surface area contributed by atoms with Crippen molar-refractivity contribution in [3.8, 4) is 0 Å². The van der Waals surface area contributed by atoms with Gasteiger partial charge in [-0.05, 0) is 42.2 Å². The average Bonchev–Trinajstić information content (AvgIpc) is 2.46. The molecule has 0 aliphatic heterocycles. The molecular formula is C16H20N2. The van der Waals surface area contributed by atoms with Crippen molar-refractivity contribution >= 4 is 0 Å². The van der Waals surface area contributed by atoms with E-state index in [1.54, 1.807) is 0 Å². The topological polar surface area (TPSA) is 24.9 Å². The summed E-state index contributed by atoms with van der Waals surface area (Å²) in [5.41, 5.74) is 3.99. The van der Waals surface area contributed by atoms with Crippen molar-refractivity contribution in [2.24, 2.45) is 0 Å². The number of aryl methyl sites for hydroxylation is 1. The van der Waals surface area contributed by atoms with Crippen LogP contribution < -0.4 is 5.32 Å².